The SMILES string of the molecule is CCC(C)n1ccc(NCc2cnn(CC)c2F)n1. The molecule has 104 valence electrons. The Morgan fingerprint density at radius 1 is 1.42 bits per heavy atom. The lowest BCUT2D eigenvalue weighted by molar-refractivity contribution is 0.465. The van der Waals surface area contributed by atoms with Gasteiger partial charge >= 0.3 is 0 Å². The third-order valence-corrected chi connectivity index (χ3v) is 3.25. The average Bonchev–Trinajstić information content (AvgIpc) is 3.02. The molecule has 0 aliphatic rings. The van der Waals surface area contributed by atoms with Crippen LogP contribution in [0.25, 0.3) is 0 Å². The molecule has 0 aliphatic carbocycles. The zero-order valence-electron chi connectivity index (χ0n) is 11.6. The largest absolute Gasteiger partial charge is 0.364 e. The summed E-state index contributed by atoms with van der Waals surface area (Å²) in [6, 6.07) is 2.27. The zero-order chi connectivity index (χ0) is 13.8. The van der Waals surface area contributed by atoms with Crippen molar-refractivity contribution in [2.45, 2.75) is 46.3 Å². The molecule has 2 aromatic rings. The third-order valence-electron chi connectivity index (χ3n) is 3.25. The summed E-state index contributed by atoms with van der Waals surface area (Å²) in [7, 11) is 0. The van der Waals surface area contributed by atoms with Crippen molar-refractivity contribution in [1.29, 1.82) is 0 Å². The second-order valence-corrected chi connectivity index (χ2v) is 4.57. The number of rotatable bonds is 6. The summed E-state index contributed by atoms with van der Waals surface area (Å²) in [5.41, 5.74) is 0.555. The summed E-state index contributed by atoms with van der Waals surface area (Å²) >= 11 is 0. The number of halogens is 1. The molecule has 0 amide bonds. The van der Waals surface area contributed by atoms with Crippen LogP contribution in [-0.4, -0.2) is 19.6 Å². The van der Waals surface area contributed by atoms with Gasteiger partial charge in [0, 0.05) is 37.0 Å². The van der Waals surface area contributed by atoms with Crippen LogP contribution in [-0.2, 0) is 13.1 Å². The summed E-state index contributed by atoms with van der Waals surface area (Å²) in [4.78, 5) is 0. The maximum atomic E-state index is 13.8. The van der Waals surface area contributed by atoms with Crippen molar-refractivity contribution in [3.8, 4) is 0 Å². The molecule has 2 heterocycles. The predicted octanol–water partition coefficient (Wildman–Crippen LogP) is 2.82. The summed E-state index contributed by atoms with van der Waals surface area (Å²) in [5, 5.41) is 11.5. The number of aromatic nitrogens is 4. The minimum atomic E-state index is -0.281. The minimum Gasteiger partial charge on any atom is -0.364 e. The highest BCUT2D eigenvalue weighted by atomic mass is 19.1. The van der Waals surface area contributed by atoms with Crippen LogP contribution in [0.3, 0.4) is 0 Å². The molecular formula is C13H20FN5. The van der Waals surface area contributed by atoms with Crippen LogP contribution in [0.4, 0.5) is 10.2 Å². The van der Waals surface area contributed by atoms with E-state index in [1.54, 1.807) is 6.20 Å². The fourth-order valence-electron chi connectivity index (χ4n) is 1.80. The Morgan fingerprint density at radius 3 is 2.84 bits per heavy atom. The first-order valence-electron chi connectivity index (χ1n) is 6.64. The molecule has 0 bridgehead atoms. The van der Waals surface area contributed by atoms with Crippen LogP contribution in [0.2, 0.25) is 0 Å². The fourth-order valence-corrected chi connectivity index (χ4v) is 1.80. The Morgan fingerprint density at radius 2 is 2.21 bits per heavy atom. The van der Waals surface area contributed by atoms with E-state index in [0.717, 1.165) is 12.2 Å². The summed E-state index contributed by atoms with van der Waals surface area (Å²) < 4.78 is 17.0. The highest BCUT2D eigenvalue weighted by molar-refractivity contribution is 5.33. The highest BCUT2D eigenvalue weighted by Gasteiger charge is 2.10. The number of anilines is 1. The van der Waals surface area contributed by atoms with E-state index in [4.69, 9.17) is 0 Å². The Bertz CT molecular complexity index is 531. The molecule has 0 saturated heterocycles. The first kappa shape index (κ1) is 13.6. The normalized spacial score (nSPS) is 12.6. The van der Waals surface area contributed by atoms with E-state index in [9.17, 15) is 4.39 Å². The highest BCUT2D eigenvalue weighted by Crippen LogP contribution is 2.13. The first-order chi connectivity index (χ1) is 9.15. The van der Waals surface area contributed by atoms with Crippen LogP contribution in [0, 0.1) is 5.95 Å². The number of hydrogen-bond acceptors (Lipinski definition) is 3. The van der Waals surface area contributed by atoms with Crippen molar-refractivity contribution in [2.24, 2.45) is 0 Å². The maximum absolute atomic E-state index is 13.8. The number of hydrogen-bond donors (Lipinski definition) is 1. The predicted molar refractivity (Wildman–Crippen MR) is 72.4 cm³/mol. The molecular weight excluding hydrogens is 245 g/mol. The lowest BCUT2D eigenvalue weighted by Crippen LogP contribution is -2.07. The van der Waals surface area contributed by atoms with Gasteiger partial charge in [-0.3, -0.25) is 4.68 Å². The Kier molecular flexibility index (Phi) is 4.19. The van der Waals surface area contributed by atoms with Gasteiger partial charge in [0.25, 0.3) is 0 Å². The van der Waals surface area contributed by atoms with Gasteiger partial charge in [-0.2, -0.15) is 14.6 Å². The molecule has 1 N–H and O–H groups in total. The summed E-state index contributed by atoms with van der Waals surface area (Å²) in [5.74, 6) is 0.473. The molecule has 0 aromatic carbocycles. The van der Waals surface area contributed by atoms with Crippen molar-refractivity contribution in [3.05, 3.63) is 30.0 Å². The molecule has 0 radical (unpaired) electrons. The quantitative estimate of drug-likeness (QED) is 0.873. The van der Waals surface area contributed by atoms with Crippen molar-refractivity contribution in [1.82, 2.24) is 19.6 Å². The van der Waals surface area contributed by atoms with Gasteiger partial charge in [0.15, 0.2) is 0 Å². The summed E-state index contributed by atoms with van der Waals surface area (Å²) in [6.07, 6.45) is 4.51. The van der Waals surface area contributed by atoms with Crippen molar-refractivity contribution < 1.29 is 4.39 Å². The molecule has 0 aliphatic heterocycles. The molecule has 5 nitrogen and oxygen atoms in total. The van der Waals surface area contributed by atoms with Crippen LogP contribution >= 0.6 is 0 Å². The van der Waals surface area contributed by atoms with Crippen molar-refractivity contribution in [2.75, 3.05) is 5.32 Å². The second-order valence-electron chi connectivity index (χ2n) is 4.57. The van der Waals surface area contributed by atoms with Crippen molar-refractivity contribution in [3.63, 3.8) is 0 Å². The first-order valence-corrected chi connectivity index (χ1v) is 6.64. The van der Waals surface area contributed by atoms with E-state index in [1.165, 1.54) is 4.68 Å². The molecule has 0 fully saturated rings. The second kappa shape index (κ2) is 5.86. The van der Waals surface area contributed by atoms with Crippen LogP contribution in [0.1, 0.15) is 38.8 Å². The Labute approximate surface area is 112 Å². The zero-order valence-corrected chi connectivity index (χ0v) is 11.6. The average molecular weight is 265 g/mol. The van der Waals surface area contributed by atoms with E-state index in [1.807, 2.05) is 23.9 Å². The molecule has 2 rings (SSSR count). The Balaban J connectivity index is 1.98. The van der Waals surface area contributed by atoms with E-state index in [-0.39, 0.29) is 5.95 Å². The smallest absolute Gasteiger partial charge is 0.216 e. The molecule has 1 atom stereocenters. The lowest BCUT2D eigenvalue weighted by atomic mass is 10.3. The molecule has 6 heteroatoms. The van der Waals surface area contributed by atoms with Gasteiger partial charge < -0.3 is 5.32 Å². The fraction of sp³-hybridized carbons (Fsp3) is 0.538. The maximum Gasteiger partial charge on any atom is 0.216 e. The van der Waals surface area contributed by atoms with Gasteiger partial charge in [0.2, 0.25) is 5.95 Å². The topological polar surface area (TPSA) is 47.7 Å². The summed E-state index contributed by atoms with van der Waals surface area (Å²) in [6.45, 7) is 7.02. The van der Waals surface area contributed by atoms with Gasteiger partial charge in [-0.05, 0) is 20.3 Å². The van der Waals surface area contributed by atoms with E-state index >= 15 is 0 Å². The molecule has 0 spiro atoms. The van der Waals surface area contributed by atoms with E-state index in [2.05, 4.69) is 29.4 Å². The van der Waals surface area contributed by atoms with Gasteiger partial charge in [-0.25, -0.2) is 4.68 Å². The van der Waals surface area contributed by atoms with E-state index in [0.29, 0.717) is 24.7 Å². The van der Waals surface area contributed by atoms with Crippen LogP contribution in [0.15, 0.2) is 18.5 Å². The van der Waals surface area contributed by atoms with Crippen LogP contribution < -0.4 is 5.32 Å². The third kappa shape index (κ3) is 2.94. The Hall–Kier alpha value is -1.85. The standard InChI is InChI=1S/C13H20FN5/c1-4-10(3)19-7-6-12(17-19)15-8-11-9-16-18(5-2)13(11)14/h6-7,9-10H,4-5,8H2,1-3H3,(H,15,17). The molecule has 1 unspecified atom stereocenters. The van der Waals surface area contributed by atoms with Gasteiger partial charge in [-0.15, -0.1) is 0 Å². The van der Waals surface area contributed by atoms with E-state index < -0.39 is 0 Å². The van der Waals surface area contributed by atoms with Gasteiger partial charge in [0.05, 0.1) is 6.20 Å². The van der Waals surface area contributed by atoms with Gasteiger partial charge in [0.1, 0.15) is 5.82 Å². The lowest BCUT2D eigenvalue weighted by Gasteiger charge is -2.08. The monoisotopic (exact) mass is 265 g/mol. The molecule has 19 heavy (non-hydrogen) atoms. The van der Waals surface area contributed by atoms with Gasteiger partial charge in [-0.1, -0.05) is 6.92 Å². The number of aryl methyl sites for hydroxylation is 1. The van der Waals surface area contributed by atoms with Crippen LogP contribution in [0.5, 0.6) is 0 Å². The molecule has 2 aromatic heterocycles. The number of nitrogens with zero attached hydrogens (tertiary/aromatic N) is 4. The van der Waals surface area contributed by atoms with Crippen molar-refractivity contribution >= 4 is 5.82 Å². The number of nitrogens with one attached hydrogen (secondary N) is 1. The molecule has 0 saturated carbocycles. The minimum absolute atomic E-state index is 0.281.